The van der Waals surface area contributed by atoms with Gasteiger partial charge in [0.2, 0.25) is 0 Å². The van der Waals surface area contributed by atoms with Crippen LogP contribution in [-0.2, 0) is 0 Å². The van der Waals surface area contributed by atoms with Crippen LogP contribution < -0.4 is 0 Å². The fraction of sp³-hybridized carbons (Fsp3) is 0. The van der Waals surface area contributed by atoms with Gasteiger partial charge in [-0.25, -0.2) is 15.0 Å². The van der Waals surface area contributed by atoms with Crippen LogP contribution in [0, 0.1) is 0 Å². The highest BCUT2D eigenvalue weighted by atomic mass is 15.0. The van der Waals surface area contributed by atoms with Crippen molar-refractivity contribution in [3.63, 3.8) is 0 Å². The lowest BCUT2D eigenvalue weighted by molar-refractivity contribution is 1.18. The van der Waals surface area contributed by atoms with E-state index in [-0.39, 0.29) is 0 Å². The Labute approximate surface area is 295 Å². The van der Waals surface area contributed by atoms with Crippen LogP contribution in [0.3, 0.4) is 0 Å². The van der Waals surface area contributed by atoms with E-state index in [4.69, 9.17) is 15.0 Å². The molecular weight excluding hydrogens is 621 g/mol. The Morgan fingerprint density at radius 3 is 1.80 bits per heavy atom. The lowest BCUT2D eigenvalue weighted by Crippen LogP contribution is -1.97. The first-order chi connectivity index (χ1) is 25.3. The molecule has 10 aromatic rings. The van der Waals surface area contributed by atoms with Crippen LogP contribution in [0.2, 0.25) is 0 Å². The largest absolute Gasteiger partial charge is 0.309 e. The van der Waals surface area contributed by atoms with Crippen molar-refractivity contribution in [3.8, 4) is 50.7 Å². The number of nitrogens with zero attached hydrogens (tertiary/aromatic N) is 4. The van der Waals surface area contributed by atoms with Crippen molar-refractivity contribution in [3.05, 3.63) is 182 Å². The molecule has 0 aliphatic heterocycles. The minimum absolute atomic E-state index is 0.670. The van der Waals surface area contributed by atoms with Crippen molar-refractivity contribution in [1.29, 1.82) is 0 Å². The minimum Gasteiger partial charge on any atom is -0.309 e. The van der Waals surface area contributed by atoms with Gasteiger partial charge in [-0.3, -0.25) is 0 Å². The van der Waals surface area contributed by atoms with Gasteiger partial charge in [-0.2, -0.15) is 0 Å². The summed E-state index contributed by atoms with van der Waals surface area (Å²) in [5, 5.41) is 4.50. The van der Waals surface area contributed by atoms with Crippen LogP contribution in [0.25, 0.3) is 94.3 Å². The summed E-state index contributed by atoms with van der Waals surface area (Å²) in [6.07, 6.45) is 0. The smallest absolute Gasteiger partial charge is 0.160 e. The highest BCUT2D eigenvalue weighted by Crippen LogP contribution is 2.39. The molecular formula is C47H30N4. The summed E-state index contributed by atoms with van der Waals surface area (Å²) in [6, 6.07) is 63.7. The Morgan fingerprint density at radius 2 is 1.02 bits per heavy atom. The number of benzene rings is 7. The average Bonchev–Trinajstić information content (AvgIpc) is 3.56. The van der Waals surface area contributed by atoms with E-state index in [9.17, 15) is 0 Å². The summed E-state index contributed by atoms with van der Waals surface area (Å²) in [5.41, 5.74) is 12.4. The second-order valence-electron chi connectivity index (χ2n) is 12.8. The number of para-hydroxylation sites is 3. The maximum Gasteiger partial charge on any atom is 0.160 e. The normalized spacial score (nSPS) is 11.5. The molecule has 238 valence electrons. The first kappa shape index (κ1) is 29.0. The fourth-order valence-electron chi connectivity index (χ4n) is 7.39. The van der Waals surface area contributed by atoms with E-state index in [2.05, 4.69) is 162 Å². The van der Waals surface area contributed by atoms with Crippen molar-refractivity contribution in [2.45, 2.75) is 0 Å². The van der Waals surface area contributed by atoms with Crippen LogP contribution >= 0.6 is 0 Å². The highest BCUT2D eigenvalue weighted by Gasteiger charge is 2.18. The quantitative estimate of drug-likeness (QED) is 0.174. The third kappa shape index (κ3) is 4.88. The van der Waals surface area contributed by atoms with E-state index < -0.39 is 0 Å². The van der Waals surface area contributed by atoms with Crippen LogP contribution in [0.5, 0.6) is 0 Å². The minimum atomic E-state index is 0.670. The fourth-order valence-corrected chi connectivity index (χ4v) is 7.39. The van der Waals surface area contributed by atoms with E-state index in [0.717, 1.165) is 61.1 Å². The van der Waals surface area contributed by atoms with E-state index in [0.29, 0.717) is 5.82 Å². The highest BCUT2D eigenvalue weighted by molar-refractivity contribution is 6.14. The number of aromatic nitrogens is 4. The van der Waals surface area contributed by atoms with Crippen molar-refractivity contribution in [2.24, 2.45) is 0 Å². The third-order valence-electron chi connectivity index (χ3n) is 9.81. The van der Waals surface area contributed by atoms with E-state index in [1.165, 1.54) is 27.4 Å². The molecule has 10 rings (SSSR count). The predicted octanol–water partition coefficient (Wildman–Crippen LogP) is 11.9. The molecule has 4 heteroatoms. The van der Waals surface area contributed by atoms with Crippen LogP contribution in [-0.4, -0.2) is 19.5 Å². The van der Waals surface area contributed by atoms with Gasteiger partial charge in [0.15, 0.2) is 5.82 Å². The molecule has 0 bridgehead atoms. The topological polar surface area (TPSA) is 43.6 Å². The van der Waals surface area contributed by atoms with Gasteiger partial charge < -0.3 is 4.57 Å². The van der Waals surface area contributed by atoms with Crippen molar-refractivity contribution < 1.29 is 0 Å². The summed E-state index contributed by atoms with van der Waals surface area (Å²) in [6.45, 7) is 0. The van der Waals surface area contributed by atoms with Gasteiger partial charge in [0, 0.05) is 49.5 Å². The predicted molar refractivity (Wildman–Crippen MR) is 211 cm³/mol. The third-order valence-corrected chi connectivity index (χ3v) is 9.81. The molecule has 0 spiro atoms. The molecule has 0 atom stereocenters. The zero-order valence-corrected chi connectivity index (χ0v) is 27.6. The number of rotatable bonds is 5. The lowest BCUT2D eigenvalue weighted by Gasteiger charge is -2.13. The van der Waals surface area contributed by atoms with E-state index in [1.807, 2.05) is 24.3 Å². The molecule has 0 unspecified atom stereocenters. The van der Waals surface area contributed by atoms with Gasteiger partial charge in [0.25, 0.3) is 0 Å². The van der Waals surface area contributed by atoms with Gasteiger partial charge in [-0.1, -0.05) is 152 Å². The summed E-state index contributed by atoms with van der Waals surface area (Å²) in [5.74, 6) is 0.670. The monoisotopic (exact) mass is 650 g/mol. The Bertz CT molecular complexity index is 2880. The van der Waals surface area contributed by atoms with Crippen molar-refractivity contribution >= 4 is 43.6 Å². The Balaban J connectivity index is 1.16. The Kier molecular flexibility index (Phi) is 6.78. The zero-order valence-electron chi connectivity index (χ0n) is 27.6. The molecule has 4 nitrogen and oxygen atoms in total. The molecule has 3 heterocycles. The van der Waals surface area contributed by atoms with Crippen molar-refractivity contribution in [1.82, 2.24) is 19.5 Å². The Hall–Kier alpha value is -6.91. The summed E-state index contributed by atoms with van der Waals surface area (Å²) < 4.78 is 2.38. The SMILES string of the molecule is c1ccc(-c2ccc3ccc4c(-c5ccccc5)nc(-c5ccc(-c6cccc7c8ccccc8n(-c8ccccc8)c67)cc5)nc4c3n2)cc1. The molecule has 0 aliphatic rings. The number of hydrogen-bond donors (Lipinski definition) is 0. The molecule has 0 saturated carbocycles. The number of fused-ring (bicyclic) bond motifs is 6. The van der Waals surface area contributed by atoms with Gasteiger partial charge in [-0.15, -0.1) is 0 Å². The maximum absolute atomic E-state index is 5.25. The van der Waals surface area contributed by atoms with Crippen LogP contribution in [0.15, 0.2) is 182 Å². The molecule has 51 heavy (non-hydrogen) atoms. The Morgan fingerprint density at radius 1 is 0.373 bits per heavy atom. The first-order valence-electron chi connectivity index (χ1n) is 17.2. The van der Waals surface area contributed by atoms with Crippen molar-refractivity contribution in [2.75, 3.05) is 0 Å². The summed E-state index contributed by atoms with van der Waals surface area (Å²) in [7, 11) is 0. The molecule has 0 amide bonds. The van der Waals surface area contributed by atoms with Gasteiger partial charge in [-0.05, 0) is 35.9 Å². The molecule has 0 fully saturated rings. The van der Waals surface area contributed by atoms with Crippen LogP contribution in [0.1, 0.15) is 0 Å². The maximum atomic E-state index is 5.25. The van der Waals surface area contributed by atoms with Gasteiger partial charge >= 0.3 is 0 Å². The first-order valence-corrected chi connectivity index (χ1v) is 17.2. The molecule has 0 saturated heterocycles. The average molecular weight is 651 g/mol. The standard InChI is InChI=1S/C47H30N4/c1-4-13-32(14-5-1)41-30-28-34-27-29-40-43(33-15-6-2-7-16-33)49-47(50-45(40)44(34)48-41)35-25-23-31(24-26-35)37-20-12-21-39-38-19-10-11-22-42(38)51(46(37)39)36-17-8-3-9-18-36/h1-30H. The second-order valence-corrected chi connectivity index (χ2v) is 12.8. The molecule has 3 aromatic heterocycles. The lowest BCUT2D eigenvalue weighted by atomic mass is 10.00. The van der Waals surface area contributed by atoms with Crippen LogP contribution in [0.4, 0.5) is 0 Å². The number of hydrogen-bond acceptors (Lipinski definition) is 3. The second kappa shape index (κ2) is 11.9. The summed E-state index contributed by atoms with van der Waals surface area (Å²) >= 11 is 0. The summed E-state index contributed by atoms with van der Waals surface area (Å²) in [4.78, 5) is 15.7. The zero-order chi connectivity index (χ0) is 33.7. The number of pyridine rings is 1. The van der Waals surface area contributed by atoms with Gasteiger partial charge in [0.05, 0.1) is 27.9 Å². The van der Waals surface area contributed by atoms with Gasteiger partial charge in [0.1, 0.15) is 5.52 Å². The molecule has 0 aliphatic carbocycles. The molecule has 0 N–H and O–H groups in total. The van der Waals surface area contributed by atoms with E-state index >= 15 is 0 Å². The van der Waals surface area contributed by atoms with E-state index in [1.54, 1.807) is 0 Å². The molecule has 0 radical (unpaired) electrons. The molecule has 7 aromatic carbocycles.